The van der Waals surface area contributed by atoms with Crippen molar-refractivity contribution < 1.29 is 9.18 Å². The molecule has 1 aliphatic rings. The molecule has 9 heteroatoms. The van der Waals surface area contributed by atoms with Crippen molar-refractivity contribution in [2.24, 2.45) is 5.10 Å². The predicted molar refractivity (Wildman–Crippen MR) is 108 cm³/mol. The summed E-state index contributed by atoms with van der Waals surface area (Å²) in [7, 11) is 0. The van der Waals surface area contributed by atoms with Crippen molar-refractivity contribution in [1.82, 2.24) is 15.0 Å². The van der Waals surface area contributed by atoms with Crippen molar-refractivity contribution in [3.8, 4) is 0 Å². The van der Waals surface area contributed by atoms with E-state index < -0.39 is 11.7 Å². The zero-order chi connectivity index (χ0) is 19.7. The SMILES string of the molecule is O=C(Cn1cnc2sc3c(c2c1=O)CCCC3)N/N=C/c1ccc(Cl)c(F)c1. The van der Waals surface area contributed by atoms with Crippen LogP contribution in [0.1, 0.15) is 28.8 Å². The monoisotopic (exact) mass is 418 g/mol. The first-order valence-electron chi connectivity index (χ1n) is 8.79. The van der Waals surface area contributed by atoms with Gasteiger partial charge in [-0.2, -0.15) is 5.10 Å². The van der Waals surface area contributed by atoms with Crippen LogP contribution >= 0.6 is 22.9 Å². The first-order chi connectivity index (χ1) is 13.5. The van der Waals surface area contributed by atoms with Gasteiger partial charge in [0.05, 0.1) is 23.0 Å². The molecule has 1 aliphatic carbocycles. The molecule has 0 radical (unpaired) electrons. The minimum atomic E-state index is -0.568. The van der Waals surface area contributed by atoms with Gasteiger partial charge in [-0.25, -0.2) is 14.8 Å². The Bertz CT molecular complexity index is 1150. The van der Waals surface area contributed by atoms with Crippen molar-refractivity contribution in [3.05, 3.63) is 61.7 Å². The first kappa shape index (κ1) is 18.8. The molecule has 3 aromatic rings. The Labute approximate surface area is 168 Å². The largest absolute Gasteiger partial charge is 0.289 e. The Morgan fingerprint density at radius 3 is 3.04 bits per heavy atom. The number of nitrogens with zero attached hydrogens (tertiary/aromatic N) is 3. The number of hydrazone groups is 1. The average molecular weight is 419 g/mol. The van der Waals surface area contributed by atoms with E-state index in [1.165, 1.54) is 34.1 Å². The maximum Gasteiger partial charge on any atom is 0.262 e. The molecule has 0 unspecified atom stereocenters. The lowest BCUT2D eigenvalue weighted by Crippen LogP contribution is -2.30. The number of carbonyl (C=O) groups excluding carboxylic acids is 1. The van der Waals surface area contributed by atoms with Gasteiger partial charge in [-0.15, -0.1) is 11.3 Å². The first-order valence-corrected chi connectivity index (χ1v) is 9.99. The summed E-state index contributed by atoms with van der Waals surface area (Å²) in [6.45, 7) is -0.196. The van der Waals surface area contributed by atoms with Crippen LogP contribution in [-0.4, -0.2) is 21.7 Å². The highest BCUT2D eigenvalue weighted by molar-refractivity contribution is 7.18. The fourth-order valence-electron chi connectivity index (χ4n) is 3.26. The van der Waals surface area contributed by atoms with E-state index in [9.17, 15) is 14.0 Å². The molecule has 2 aromatic heterocycles. The molecule has 0 aliphatic heterocycles. The lowest BCUT2D eigenvalue weighted by Gasteiger charge is -2.10. The summed E-state index contributed by atoms with van der Waals surface area (Å²) in [4.78, 5) is 31.3. The van der Waals surface area contributed by atoms with Gasteiger partial charge >= 0.3 is 0 Å². The van der Waals surface area contributed by atoms with Gasteiger partial charge in [0.2, 0.25) is 0 Å². The molecule has 0 atom stereocenters. The zero-order valence-electron chi connectivity index (χ0n) is 14.7. The number of aryl methyl sites for hydroxylation is 2. The number of thiophene rings is 1. The van der Waals surface area contributed by atoms with E-state index in [0.29, 0.717) is 10.9 Å². The molecular formula is C19H16ClFN4O2S. The smallest absolute Gasteiger partial charge is 0.262 e. The Morgan fingerprint density at radius 2 is 2.21 bits per heavy atom. The quantitative estimate of drug-likeness (QED) is 0.521. The van der Waals surface area contributed by atoms with Gasteiger partial charge in [0, 0.05) is 4.88 Å². The second-order valence-electron chi connectivity index (χ2n) is 6.54. The Kier molecular flexibility index (Phi) is 5.23. The molecule has 4 rings (SSSR count). The molecular weight excluding hydrogens is 403 g/mol. The van der Waals surface area contributed by atoms with Crippen LogP contribution in [0, 0.1) is 5.82 Å². The second-order valence-corrected chi connectivity index (χ2v) is 8.03. The fourth-order valence-corrected chi connectivity index (χ4v) is 4.59. The van der Waals surface area contributed by atoms with E-state index in [-0.39, 0.29) is 17.1 Å². The van der Waals surface area contributed by atoms with Gasteiger partial charge < -0.3 is 0 Å². The standard InChI is InChI=1S/C19H16ClFN4O2S/c20-13-6-5-11(7-14(13)21)8-23-24-16(26)9-25-10-22-18-17(19(25)27)12-3-1-2-4-15(12)28-18/h5-8,10H,1-4,9H2,(H,24,26)/b23-8+. The summed E-state index contributed by atoms with van der Waals surface area (Å²) >= 11 is 7.19. The number of halogens is 2. The lowest BCUT2D eigenvalue weighted by atomic mass is 9.97. The third-order valence-electron chi connectivity index (χ3n) is 4.60. The van der Waals surface area contributed by atoms with E-state index in [0.717, 1.165) is 36.1 Å². The Balaban J connectivity index is 1.49. The maximum atomic E-state index is 13.4. The molecule has 0 bridgehead atoms. The van der Waals surface area contributed by atoms with Gasteiger partial charge in [0.15, 0.2) is 0 Å². The molecule has 0 saturated heterocycles. The highest BCUT2D eigenvalue weighted by atomic mass is 35.5. The highest BCUT2D eigenvalue weighted by Gasteiger charge is 2.20. The molecule has 0 fully saturated rings. The summed E-state index contributed by atoms with van der Waals surface area (Å²) in [5.41, 5.74) is 3.67. The van der Waals surface area contributed by atoms with Crippen LogP contribution < -0.4 is 11.0 Å². The van der Waals surface area contributed by atoms with E-state index in [1.54, 1.807) is 17.4 Å². The van der Waals surface area contributed by atoms with Crippen molar-refractivity contribution in [1.29, 1.82) is 0 Å². The van der Waals surface area contributed by atoms with E-state index >= 15 is 0 Å². The fraction of sp³-hybridized carbons (Fsp3) is 0.263. The van der Waals surface area contributed by atoms with E-state index in [1.807, 2.05) is 0 Å². The predicted octanol–water partition coefficient (Wildman–Crippen LogP) is 3.28. The number of benzene rings is 1. The maximum absolute atomic E-state index is 13.4. The number of nitrogens with one attached hydrogen (secondary N) is 1. The summed E-state index contributed by atoms with van der Waals surface area (Å²) in [5, 5.41) is 4.44. The normalized spacial score (nSPS) is 13.8. The minimum Gasteiger partial charge on any atom is -0.289 e. The highest BCUT2D eigenvalue weighted by Crippen LogP contribution is 2.33. The molecule has 144 valence electrons. The number of amides is 1. The molecule has 1 aromatic carbocycles. The van der Waals surface area contributed by atoms with Gasteiger partial charge in [0.1, 0.15) is 17.2 Å². The number of fused-ring (bicyclic) bond motifs is 3. The average Bonchev–Trinajstić information content (AvgIpc) is 3.06. The number of rotatable bonds is 4. The van der Waals surface area contributed by atoms with Gasteiger partial charge in [0.25, 0.3) is 11.5 Å². The lowest BCUT2D eigenvalue weighted by molar-refractivity contribution is -0.121. The van der Waals surface area contributed by atoms with Gasteiger partial charge in [-0.1, -0.05) is 17.7 Å². The second kappa shape index (κ2) is 7.81. The zero-order valence-corrected chi connectivity index (χ0v) is 16.3. The third kappa shape index (κ3) is 3.70. The van der Waals surface area contributed by atoms with Crippen molar-refractivity contribution in [3.63, 3.8) is 0 Å². The number of hydrogen-bond acceptors (Lipinski definition) is 5. The van der Waals surface area contributed by atoms with Crippen LogP contribution in [0.15, 0.2) is 34.4 Å². The van der Waals surface area contributed by atoms with Crippen molar-refractivity contribution >= 4 is 45.3 Å². The number of aromatic nitrogens is 2. The van der Waals surface area contributed by atoms with Gasteiger partial charge in [-0.3, -0.25) is 14.2 Å². The Morgan fingerprint density at radius 1 is 1.39 bits per heavy atom. The van der Waals surface area contributed by atoms with Gasteiger partial charge in [-0.05, 0) is 48.9 Å². The van der Waals surface area contributed by atoms with Crippen molar-refractivity contribution in [2.75, 3.05) is 0 Å². The summed E-state index contributed by atoms with van der Waals surface area (Å²) in [5.74, 6) is -1.04. The summed E-state index contributed by atoms with van der Waals surface area (Å²) < 4.78 is 14.7. The molecule has 6 nitrogen and oxygen atoms in total. The molecule has 0 spiro atoms. The topological polar surface area (TPSA) is 76.3 Å². The van der Waals surface area contributed by atoms with Crippen molar-refractivity contribution in [2.45, 2.75) is 32.2 Å². The molecule has 0 saturated carbocycles. The molecule has 2 heterocycles. The van der Waals surface area contributed by atoms with Crippen LogP contribution in [0.5, 0.6) is 0 Å². The van der Waals surface area contributed by atoms with Crippen LogP contribution in [0.3, 0.4) is 0 Å². The van der Waals surface area contributed by atoms with E-state index in [2.05, 4.69) is 15.5 Å². The van der Waals surface area contributed by atoms with Crippen LogP contribution in [0.25, 0.3) is 10.2 Å². The molecule has 1 amide bonds. The molecule has 1 N–H and O–H groups in total. The summed E-state index contributed by atoms with van der Waals surface area (Å²) in [6, 6.07) is 4.19. The third-order valence-corrected chi connectivity index (χ3v) is 6.11. The summed E-state index contributed by atoms with van der Waals surface area (Å²) in [6.07, 6.45) is 6.75. The number of hydrogen-bond donors (Lipinski definition) is 1. The van der Waals surface area contributed by atoms with E-state index in [4.69, 9.17) is 11.6 Å². The van der Waals surface area contributed by atoms with Crippen LogP contribution in [-0.2, 0) is 24.2 Å². The van der Waals surface area contributed by atoms with Crippen LogP contribution in [0.4, 0.5) is 4.39 Å². The molecule has 28 heavy (non-hydrogen) atoms. The number of carbonyl (C=O) groups is 1. The minimum absolute atomic E-state index is 0.0130. The van der Waals surface area contributed by atoms with Crippen LogP contribution in [0.2, 0.25) is 5.02 Å². The Hall–Kier alpha value is -2.58.